The lowest BCUT2D eigenvalue weighted by atomic mass is 10.3. The van der Waals surface area contributed by atoms with Gasteiger partial charge >= 0.3 is 11.9 Å². The molecule has 0 saturated heterocycles. The molecule has 1 rings (SSSR count). The smallest absolute Gasteiger partial charge is 0.351 e. The van der Waals surface area contributed by atoms with Crippen LogP contribution in [0.2, 0.25) is 5.15 Å². The summed E-state index contributed by atoms with van der Waals surface area (Å²) in [5, 5.41) is 3.22. The summed E-state index contributed by atoms with van der Waals surface area (Å²) in [4.78, 5) is 26.8. The van der Waals surface area contributed by atoms with Crippen LogP contribution in [-0.4, -0.2) is 36.7 Å². The minimum Gasteiger partial charge on any atom is -0.465 e. The van der Waals surface area contributed by atoms with E-state index in [1.54, 1.807) is 13.8 Å². The molecular formula is C10H13ClN2O4S. The number of methoxy groups -OCH3 is 1. The van der Waals surface area contributed by atoms with Crippen LogP contribution in [-0.2, 0) is 14.3 Å². The predicted molar refractivity (Wildman–Crippen MR) is 68.2 cm³/mol. The number of halogens is 1. The molecular weight excluding hydrogens is 280 g/mol. The minimum atomic E-state index is -0.572. The summed E-state index contributed by atoms with van der Waals surface area (Å²) >= 11 is 6.80. The second-order valence-corrected chi connectivity index (χ2v) is 4.61. The lowest BCUT2D eigenvalue weighted by molar-refractivity contribution is -0.143. The van der Waals surface area contributed by atoms with Crippen LogP contribution < -0.4 is 5.32 Å². The quantitative estimate of drug-likeness (QED) is 0.836. The highest BCUT2D eigenvalue weighted by Gasteiger charge is 2.20. The Morgan fingerprint density at radius 1 is 1.56 bits per heavy atom. The van der Waals surface area contributed by atoms with Crippen LogP contribution in [0, 0.1) is 0 Å². The Morgan fingerprint density at radius 2 is 2.22 bits per heavy atom. The molecule has 0 aliphatic carbocycles. The van der Waals surface area contributed by atoms with Gasteiger partial charge in [-0.15, -0.1) is 0 Å². The van der Waals surface area contributed by atoms with Crippen LogP contribution in [0.25, 0.3) is 0 Å². The van der Waals surface area contributed by atoms with E-state index in [9.17, 15) is 9.59 Å². The maximum Gasteiger partial charge on any atom is 0.351 e. The molecule has 1 unspecified atom stereocenters. The zero-order valence-electron chi connectivity index (χ0n) is 10.2. The van der Waals surface area contributed by atoms with E-state index in [1.807, 2.05) is 0 Å². The third-order valence-corrected chi connectivity index (χ3v) is 3.29. The molecule has 1 aromatic heterocycles. The van der Waals surface area contributed by atoms with Gasteiger partial charge in [-0.1, -0.05) is 22.9 Å². The van der Waals surface area contributed by atoms with Gasteiger partial charge in [0.2, 0.25) is 0 Å². The molecule has 0 aromatic carbocycles. The van der Waals surface area contributed by atoms with Crippen molar-refractivity contribution in [3.05, 3.63) is 10.0 Å². The molecule has 0 radical (unpaired) electrons. The van der Waals surface area contributed by atoms with Crippen LogP contribution in [0.4, 0.5) is 5.13 Å². The molecule has 0 amide bonds. The molecule has 0 aliphatic rings. The number of carbonyl (C=O) groups is 2. The van der Waals surface area contributed by atoms with Gasteiger partial charge in [-0.3, -0.25) is 0 Å². The maximum absolute atomic E-state index is 11.4. The second-order valence-electron chi connectivity index (χ2n) is 3.25. The summed E-state index contributed by atoms with van der Waals surface area (Å²) in [5.74, 6) is -0.960. The summed E-state index contributed by atoms with van der Waals surface area (Å²) < 4.78 is 9.38. The Morgan fingerprint density at radius 3 is 2.78 bits per heavy atom. The highest BCUT2D eigenvalue weighted by molar-refractivity contribution is 7.18. The lowest BCUT2D eigenvalue weighted by Crippen LogP contribution is -2.28. The number of nitrogens with one attached hydrogen (secondary N) is 1. The molecule has 1 N–H and O–H groups in total. The molecule has 0 bridgehead atoms. The molecule has 1 atom stereocenters. The molecule has 1 aromatic rings. The first-order valence-corrected chi connectivity index (χ1v) is 6.36. The van der Waals surface area contributed by atoms with Gasteiger partial charge in [-0.2, -0.15) is 0 Å². The summed E-state index contributed by atoms with van der Waals surface area (Å²) in [6, 6.07) is -0.572. The molecule has 8 heteroatoms. The van der Waals surface area contributed by atoms with E-state index in [1.165, 1.54) is 7.11 Å². The molecule has 0 fully saturated rings. The van der Waals surface area contributed by atoms with Crippen molar-refractivity contribution in [1.82, 2.24) is 4.98 Å². The molecule has 18 heavy (non-hydrogen) atoms. The fourth-order valence-corrected chi connectivity index (χ4v) is 2.28. The number of hydrogen-bond acceptors (Lipinski definition) is 7. The fraction of sp³-hybridized carbons (Fsp3) is 0.500. The Bertz CT molecular complexity index is 449. The van der Waals surface area contributed by atoms with E-state index in [0.717, 1.165) is 11.3 Å². The number of aromatic nitrogens is 1. The third kappa shape index (κ3) is 3.58. The van der Waals surface area contributed by atoms with Gasteiger partial charge in [0.15, 0.2) is 15.2 Å². The summed E-state index contributed by atoms with van der Waals surface area (Å²) in [6.45, 7) is 3.66. The summed E-state index contributed by atoms with van der Waals surface area (Å²) in [6.07, 6.45) is 0. The van der Waals surface area contributed by atoms with Crippen molar-refractivity contribution < 1.29 is 19.1 Å². The monoisotopic (exact) mass is 292 g/mol. The zero-order valence-corrected chi connectivity index (χ0v) is 11.7. The largest absolute Gasteiger partial charge is 0.465 e. The molecule has 100 valence electrons. The zero-order chi connectivity index (χ0) is 13.7. The number of anilines is 1. The Hall–Kier alpha value is -1.34. The number of ether oxygens (including phenoxy) is 2. The van der Waals surface area contributed by atoms with Crippen molar-refractivity contribution >= 4 is 40.0 Å². The first-order valence-electron chi connectivity index (χ1n) is 5.17. The van der Waals surface area contributed by atoms with Crippen LogP contribution >= 0.6 is 22.9 Å². The number of rotatable bonds is 5. The van der Waals surface area contributed by atoms with E-state index >= 15 is 0 Å². The van der Waals surface area contributed by atoms with Gasteiger partial charge in [0.1, 0.15) is 6.04 Å². The average molecular weight is 293 g/mol. The normalized spacial score (nSPS) is 11.8. The van der Waals surface area contributed by atoms with E-state index in [-0.39, 0.29) is 10.0 Å². The van der Waals surface area contributed by atoms with Gasteiger partial charge < -0.3 is 14.8 Å². The summed E-state index contributed by atoms with van der Waals surface area (Å²) in [5.41, 5.74) is 0. The molecule has 0 spiro atoms. The van der Waals surface area contributed by atoms with Crippen molar-refractivity contribution in [2.24, 2.45) is 0 Å². The fourth-order valence-electron chi connectivity index (χ4n) is 1.09. The van der Waals surface area contributed by atoms with E-state index in [2.05, 4.69) is 15.0 Å². The van der Waals surface area contributed by atoms with Gasteiger partial charge in [0.25, 0.3) is 0 Å². The summed E-state index contributed by atoms with van der Waals surface area (Å²) in [7, 11) is 1.26. The van der Waals surface area contributed by atoms with Gasteiger partial charge in [0, 0.05) is 0 Å². The number of hydrogen-bond donors (Lipinski definition) is 1. The maximum atomic E-state index is 11.4. The Kier molecular flexibility index (Phi) is 5.36. The van der Waals surface area contributed by atoms with Gasteiger partial charge in [-0.05, 0) is 13.8 Å². The number of nitrogens with zero attached hydrogens (tertiary/aromatic N) is 1. The SMILES string of the molecule is CCOC(=O)C(C)Nc1nc(Cl)c(C(=O)OC)s1. The Balaban J connectivity index is 2.74. The minimum absolute atomic E-state index is 0.0467. The standard InChI is InChI=1S/C10H13ClN2O4S/c1-4-17-8(14)5(2)12-10-13-7(11)6(18-10)9(15)16-3/h5H,4H2,1-3H3,(H,12,13). The Labute approximate surface area is 113 Å². The van der Waals surface area contributed by atoms with Crippen molar-refractivity contribution in [3.8, 4) is 0 Å². The molecule has 0 saturated carbocycles. The van der Waals surface area contributed by atoms with Crippen molar-refractivity contribution in [1.29, 1.82) is 0 Å². The topological polar surface area (TPSA) is 77.5 Å². The number of esters is 2. The number of carbonyl (C=O) groups excluding carboxylic acids is 2. The van der Waals surface area contributed by atoms with Gasteiger partial charge in [-0.25, -0.2) is 14.6 Å². The number of thiazole rings is 1. The van der Waals surface area contributed by atoms with Crippen molar-refractivity contribution in [2.45, 2.75) is 19.9 Å². The second kappa shape index (κ2) is 6.55. The third-order valence-electron chi connectivity index (χ3n) is 1.94. The molecule has 6 nitrogen and oxygen atoms in total. The molecule has 1 heterocycles. The van der Waals surface area contributed by atoms with Crippen LogP contribution in [0.5, 0.6) is 0 Å². The van der Waals surface area contributed by atoms with E-state index in [4.69, 9.17) is 16.3 Å². The highest BCUT2D eigenvalue weighted by atomic mass is 35.5. The van der Waals surface area contributed by atoms with E-state index in [0.29, 0.717) is 11.7 Å². The first kappa shape index (κ1) is 14.7. The highest BCUT2D eigenvalue weighted by Crippen LogP contribution is 2.27. The molecule has 0 aliphatic heterocycles. The van der Waals surface area contributed by atoms with Crippen molar-refractivity contribution in [3.63, 3.8) is 0 Å². The predicted octanol–water partition coefficient (Wildman–Crippen LogP) is 1.95. The lowest BCUT2D eigenvalue weighted by Gasteiger charge is -2.10. The van der Waals surface area contributed by atoms with Crippen LogP contribution in [0.15, 0.2) is 0 Å². The van der Waals surface area contributed by atoms with Crippen molar-refractivity contribution in [2.75, 3.05) is 19.0 Å². The van der Waals surface area contributed by atoms with Gasteiger partial charge in [0.05, 0.1) is 13.7 Å². The van der Waals surface area contributed by atoms with Crippen LogP contribution in [0.1, 0.15) is 23.5 Å². The van der Waals surface area contributed by atoms with E-state index < -0.39 is 18.0 Å². The first-order chi connectivity index (χ1) is 8.49. The van der Waals surface area contributed by atoms with Crippen LogP contribution in [0.3, 0.4) is 0 Å². The average Bonchev–Trinajstić information content (AvgIpc) is 2.69.